The molecule has 0 unspecified atom stereocenters. The Labute approximate surface area is 163 Å². The molecule has 28 heavy (non-hydrogen) atoms. The molecule has 9 heteroatoms. The van der Waals surface area contributed by atoms with E-state index in [1.807, 2.05) is 24.3 Å². The first-order chi connectivity index (χ1) is 13.5. The van der Waals surface area contributed by atoms with E-state index in [1.54, 1.807) is 19.5 Å². The van der Waals surface area contributed by atoms with E-state index in [-0.39, 0.29) is 10.8 Å². The van der Waals surface area contributed by atoms with E-state index in [4.69, 9.17) is 14.2 Å². The number of nitrogens with one attached hydrogen (secondary N) is 1. The summed E-state index contributed by atoms with van der Waals surface area (Å²) in [6, 6.07) is 11.7. The van der Waals surface area contributed by atoms with Gasteiger partial charge in [0.25, 0.3) is 10.0 Å². The number of rotatable bonds is 7. The van der Waals surface area contributed by atoms with E-state index in [0.29, 0.717) is 11.5 Å². The zero-order valence-electron chi connectivity index (χ0n) is 15.5. The number of nitrogens with zero attached hydrogens (tertiary/aromatic N) is 2. The Kier molecular flexibility index (Phi) is 5.65. The summed E-state index contributed by atoms with van der Waals surface area (Å²) in [7, 11) is 0.618. The van der Waals surface area contributed by atoms with Crippen molar-refractivity contribution in [3.63, 3.8) is 0 Å². The van der Waals surface area contributed by atoms with Gasteiger partial charge >= 0.3 is 0 Å². The molecule has 3 aromatic rings. The molecule has 0 aliphatic heterocycles. The van der Waals surface area contributed by atoms with E-state index in [1.165, 1.54) is 32.4 Å². The molecule has 0 radical (unpaired) electrons. The first kappa shape index (κ1) is 19.4. The fourth-order valence-corrected chi connectivity index (χ4v) is 3.45. The summed E-state index contributed by atoms with van der Waals surface area (Å²) in [6.45, 7) is 0. The lowest BCUT2D eigenvalue weighted by Gasteiger charge is -2.11. The SMILES string of the molecule is COc1ccc(-c2cnc(NS(=O)(=O)c3ccc(OC)c(OC)c3)nc2)cc1. The fraction of sp³-hybridized carbons (Fsp3) is 0.158. The van der Waals surface area contributed by atoms with Crippen molar-refractivity contribution in [1.29, 1.82) is 0 Å². The lowest BCUT2D eigenvalue weighted by Crippen LogP contribution is -2.15. The van der Waals surface area contributed by atoms with E-state index >= 15 is 0 Å². The summed E-state index contributed by atoms with van der Waals surface area (Å²) in [5.41, 5.74) is 1.63. The van der Waals surface area contributed by atoms with Crippen molar-refractivity contribution >= 4 is 16.0 Å². The predicted molar refractivity (Wildman–Crippen MR) is 104 cm³/mol. The van der Waals surface area contributed by atoms with Crippen LogP contribution in [0.15, 0.2) is 59.8 Å². The molecule has 0 bridgehead atoms. The number of methoxy groups -OCH3 is 3. The molecular weight excluding hydrogens is 382 g/mol. The second-order valence-corrected chi connectivity index (χ2v) is 7.33. The second kappa shape index (κ2) is 8.13. The molecular formula is C19H19N3O5S. The number of hydrogen-bond donors (Lipinski definition) is 1. The number of benzene rings is 2. The molecule has 1 N–H and O–H groups in total. The van der Waals surface area contributed by atoms with Crippen LogP contribution in [-0.2, 0) is 10.0 Å². The third-order valence-electron chi connectivity index (χ3n) is 3.97. The molecule has 0 saturated heterocycles. The Morgan fingerprint density at radius 3 is 2.00 bits per heavy atom. The normalized spacial score (nSPS) is 11.0. The largest absolute Gasteiger partial charge is 0.497 e. The highest BCUT2D eigenvalue weighted by molar-refractivity contribution is 7.92. The minimum Gasteiger partial charge on any atom is -0.497 e. The summed E-state index contributed by atoms with van der Waals surface area (Å²) in [5, 5.41) is 0. The first-order valence-electron chi connectivity index (χ1n) is 8.18. The zero-order chi connectivity index (χ0) is 20.1. The molecule has 146 valence electrons. The van der Waals surface area contributed by atoms with Crippen molar-refractivity contribution in [3.8, 4) is 28.4 Å². The van der Waals surface area contributed by atoms with Crippen LogP contribution in [0, 0.1) is 0 Å². The monoisotopic (exact) mass is 401 g/mol. The fourth-order valence-electron chi connectivity index (χ4n) is 2.48. The van der Waals surface area contributed by atoms with Gasteiger partial charge in [0.2, 0.25) is 5.95 Å². The average Bonchev–Trinajstić information content (AvgIpc) is 2.73. The minimum absolute atomic E-state index is 0.00739. The van der Waals surface area contributed by atoms with Gasteiger partial charge in [-0.05, 0) is 29.8 Å². The van der Waals surface area contributed by atoms with Crippen LogP contribution < -0.4 is 18.9 Å². The van der Waals surface area contributed by atoms with Crippen LogP contribution in [0.3, 0.4) is 0 Å². The van der Waals surface area contributed by atoms with Crippen molar-refractivity contribution in [1.82, 2.24) is 9.97 Å². The number of hydrogen-bond acceptors (Lipinski definition) is 7. The van der Waals surface area contributed by atoms with E-state index in [9.17, 15) is 8.42 Å². The van der Waals surface area contributed by atoms with Crippen molar-refractivity contribution in [2.45, 2.75) is 4.90 Å². The summed E-state index contributed by atoms with van der Waals surface area (Å²) >= 11 is 0. The summed E-state index contributed by atoms with van der Waals surface area (Å²) < 4.78 is 42.9. The van der Waals surface area contributed by atoms with Gasteiger partial charge in [0, 0.05) is 24.0 Å². The number of aromatic nitrogens is 2. The summed E-state index contributed by atoms with van der Waals surface area (Å²) in [6.07, 6.45) is 3.09. The molecule has 0 spiro atoms. The van der Waals surface area contributed by atoms with Crippen molar-refractivity contribution in [2.24, 2.45) is 0 Å². The van der Waals surface area contributed by atoms with Crippen LogP contribution in [0.25, 0.3) is 11.1 Å². The molecule has 0 atom stereocenters. The van der Waals surface area contributed by atoms with Gasteiger partial charge in [-0.15, -0.1) is 0 Å². The molecule has 0 aliphatic rings. The average molecular weight is 401 g/mol. The van der Waals surface area contributed by atoms with Gasteiger partial charge in [-0.25, -0.2) is 23.1 Å². The molecule has 1 heterocycles. The van der Waals surface area contributed by atoms with Gasteiger partial charge in [-0.2, -0.15) is 0 Å². The van der Waals surface area contributed by atoms with Crippen LogP contribution in [0.2, 0.25) is 0 Å². The van der Waals surface area contributed by atoms with Crippen LogP contribution >= 0.6 is 0 Å². The van der Waals surface area contributed by atoms with Gasteiger partial charge in [-0.3, -0.25) is 0 Å². The maximum Gasteiger partial charge on any atom is 0.264 e. The quantitative estimate of drug-likeness (QED) is 0.650. The van der Waals surface area contributed by atoms with Crippen LogP contribution in [0.4, 0.5) is 5.95 Å². The van der Waals surface area contributed by atoms with E-state index in [0.717, 1.165) is 16.9 Å². The van der Waals surface area contributed by atoms with Gasteiger partial charge in [0.05, 0.1) is 26.2 Å². The minimum atomic E-state index is -3.88. The van der Waals surface area contributed by atoms with E-state index in [2.05, 4.69) is 14.7 Å². The maximum atomic E-state index is 12.6. The van der Waals surface area contributed by atoms with Crippen LogP contribution in [0.5, 0.6) is 17.2 Å². The Morgan fingerprint density at radius 2 is 1.43 bits per heavy atom. The lowest BCUT2D eigenvalue weighted by atomic mass is 10.1. The third-order valence-corrected chi connectivity index (χ3v) is 5.29. The predicted octanol–water partition coefficient (Wildman–Crippen LogP) is 2.97. The Morgan fingerprint density at radius 1 is 0.786 bits per heavy atom. The number of ether oxygens (including phenoxy) is 3. The van der Waals surface area contributed by atoms with Crippen LogP contribution in [0.1, 0.15) is 0 Å². The number of sulfonamides is 1. The second-order valence-electron chi connectivity index (χ2n) is 5.65. The highest BCUT2D eigenvalue weighted by Gasteiger charge is 2.18. The van der Waals surface area contributed by atoms with Gasteiger partial charge in [-0.1, -0.05) is 12.1 Å². The van der Waals surface area contributed by atoms with Gasteiger partial charge < -0.3 is 14.2 Å². The van der Waals surface area contributed by atoms with Crippen molar-refractivity contribution in [2.75, 3.05) is 26.1 Å². The highest BCUT2D eigenvalue weighted by atomic mass is 32.2. The maximum absolute atomic E-state index is 12.6. The molecule has 0 saturated carbocycles. The molecule has 1 aromatic heterocycles. The molecule has 0 fully saturated rings. The summed E-state index contributed by atoms with van der Waals surface area (Å²) in [5.74, 6) is 1.44. The Balaban J connectivity index is 1.80. The highest BCUT2D eigenvalue weighted by Crippen LogP contribution is 2.30. The third kappa shape index (κ3) is 4.15. The van der Waals surface area contributed by atoms with Crippen molar-refractivity contribution < 1.29 is 22.6 Å². The standard InChI is InChI=1S/C19H19N3O5S/c1-25-15-6-4-13(5-7-15)14-11-20-19(21-12-14)22-28(23,24)16-8-9-17(26-2)18(10-16)27-3/h4-12H,1-3H3,(H,20,21,22). The summed E-state index contributed by atoms with van der Waals surface area (Å²) in [4.78, 5) is 8.20. The van der Waals surface area contributed by atoms with Gasteiger partial charge in [0.1, 0.15) is 5.75 Å². The molecule has 2 aromatic carbocycles. The lowest BCUT2D eigenvalue weighted by molar-refractivity contribution is 0.354. The first-order valence-corrected chi connectivity index (χ1v) is 9.66. The molecule has 0 aliphatic carbocycles. The molecule has 0 amide bonds. The zero-order valence-corrected chi connectivity index (χ0v) is 16.4. The topological polar surface area (TPSA) is 99.6 Å². The molecule has 3 rings (SSSR count). The molecule has 8 nitrogen and oxygen atoms in total. The Bertz CT molecular complexity index is 1050. The van der Waals surface area contributed by atoms with Gasteiger partial charge in [0.15, 0.2) is 11.5 Å². The number of anilines is 1. The van der Waals surface area contributed by atoms with Crippen molar-refractivity contribution in [3.05, 3.63) is 54.9 Å². The van der Waals surface area contributed by atoms with E-state index < -0.39 is 10.0 Å². The Hall–Kier alpha value is -3.33. The van der Waals surface area contributed by atoms with Crippen LogP contribution in [-0.4, -0.2) is 39.7 Å². The smallest absolute Gasteiger partial charge is 0.264 e.